The van der Waals surface area contributed by atoms with E-state index in [4.69, 9.17) is 22.1 Å². The minimum Gasteiger partial charge on any atom is -0.489 e. The van der Waals surface area contributed by atoms with E-state index >= 15 is 0 Å². The van der Waals surface area contributed by atoms with Crippen molar-refractivity contribution < 1.29 is 4.74 Å². The quantitative estimate of drug-likeness (QED) is 0.912. The predicted octanol–water partition coefficient (Wildman–Crippen LogP) is 2.66. The van der Waals surface area contributed by atoms with Gasteiger partial charge in [0.15, 0.2) is 0 Å². The highest BCUT2D eigenvalue weighted by molar-refractivity contribution is 6.32. The highest BCUT2D eigenvalue weighted by atomic mass is 35.5. The minimum atomic E-state index is 0.143. The van der Waals surface area contributed by atoms with E-state index in [0.717, 1.165) is 31.8 Å². The molecule has 4 heteroatoms. The van der Waals surface area contributed by atoms with E-state index in [0.29, 0.717) is 11.1 Å². The molecule has 0 aliphatic carbocycles. The molecule has 0 spiro atoms. The van der Waals surface area contributed by atoms with Gasteiger partial charge in [-0.3, -0.25) is 4.90 Å². The van der Waals surface area contributed by atoms with Crippen molar-refractivity contribution in [3.63, 3.8) is 0 Å². The van der Waals surface area contributed by atoms with E-state index in [-0.39, 0.29) is 6.10 Å². The molecule has 1 aromatic carbocycles. The standard InChI is InChI=1S/C14H21ClN2O/c1-10(2)18-14-4-3-11(7-13(14)15)8-17-6-5-12(16)9-17/h3-4,7,10,12H,5-6,8-9,16H2,1-2H3. The summed E-state index contributed by atoms with van der Waals surface area (Å²) in [4.78, 5) is 2.36. The topological polar surface area (TPSA) is 38.5 Å². The van der Waals surface area contributed by atoms with Gasteiger partial charge in [-0.2, -0.15) is 0 Å². The first-order valence-electron chi connectivity index (χ1n) is 6.47. The van der Waals surface area contributed by atoms with Crippen LogP contribution >= 0.6 is 11.6 Å². The van der Waals surface area contributed by atoms with E-state index in [2.05, 4.69) is 11.0 Å². The average molecular weight is 269 g/mol. The lowest BCUT2D eigenvalue weighted by molar-refractivity contribution is 0.242. The molecule has 2 rings (SSSR count). The summed E-state index contributed by atoms with van der Waals surface area (Å²) in [5, 5.41) is 0.685. The zero-order chi connectivity index (χ0) is 13.1. The van der Waals surface area contributed by atoms with Crippen LogP contribution in [0, 0.1) is 0 Å². The maximum absolute atomic E-state index is 6.22. The number of nitrogens with zero attached hydrogens (tertiary/aromatic N) is 1. The molecular formula is C14H21ClN2O. The van der Waals surface area contributed by atoms with Crippen molar-refractivity contribution in [2.75, 3.05) is 13.1 Å². The molecule has 3 nitrogen and oxygen atoms in total. The minimum absolute atomic E-state index is 0.143. The Bertz CT molecular complexity index is 409. The first kappa shape index (κ1) is 13.7. The number of hydrogen-bond donors (Lipinski definition) is 1. The Balaban J connectivity index is 2.00. The van der Waals surface area contributed by atoms with Crippen molar-refractivity contribution in [3.05, 3.63) is 28.8 Å². The van der Waals surface area contributed by atoms with Gasteiger partial charge in [-0.25, -0.2) is 0 Å². The largest absolute Gasteiger partial charge is 0.489 e. The second-order valence-corrected chi connectivity index (χ2v) is 5.62. The third kappa shape index (κ3) is 3.61. The summed E-state index contributed by atoms with van der Waals surface area (Å²) in [5.41, 5.74) is 7.11. The molecule has 1 saturated heterocycles. The fourth-order valence-electron chi connectivity index (χ4n) is 2.26. The number of hydrogen-bond acceptors (Lipinski definition) is 3. The van der Waals surface area contributed by atoms with Gasteiger partial charge in [-0.05, 0) is 38.0 Å². The van der Waals surface area contributed by atoms with Crippen molar-refractivity contribution in [2.24, 2.45) is 5.73 Å². The summed E-state index contributed by atoms with van der Waals surface area (Å²) in [6.45, 7) is 6.95. The van der Waals surface area contributed by atoms with Crippen molar-refractivity contribution in [1.29, 1.82) is 0 Å². The Kier molecular flexibility index (Phi) is 4.49. The summed E-state index contributed by atoms with van der Waals surface area (Å²) in [6.07, 6.45) is 1.23. The summed E-state index contributed by atoms with van der Waals surface area (Å²) < 4.78 is 5.62. The fourth-order valence-corrected chi connectivity index (χ4v) is 2.50. The van der Waals surface area contributed by atoms with Gasteiger partial charge in [0.2, 0.25) is 0 Å². The number of likely N-dealkylation sites (tertiary alicyclic amines) is 1. The average Bonchev–Trinajstić information content (AvgIpc) is 2.68. The van der Waals surface area contributed by atoms with Crippen LogP contribution < -0.4 is 10.5 Å². The summed E-state index contributed by atoms with van der Waals surface area (Å²) >= 11 is 6.22. The van der Waals surface area contributed by atoms with Crippen LogP contribution in [-0.2, 0) is 6.54 Å². The monoisotopic (exact) mass is 268 g/mol. The normalized spacial score (nSPS) is 20.6. The number of halogens is 1. The lowest BCUT2D eigenvalue weighted by Crippen LogP contribution is -2.26. The third-order valence-corrected chi connectivity index (χ3v) is 3.37. The Labute approximate surface area is 114 Å². The smallest absolute Gasteiger partial charge is 0.138 e. The van der Waals surface area contributed by atoms with E-state index < -0.39 is 0 Å². The van der Waals surface area contributed by atoms with Crippen molar-refractivity contribution in [1.82, 2.24) is 4.90 Å². The van der Waals surface area contributed by atoms with Gasteiger partial charge < -0.3 is 10.5 Å². The molecule has 0 amide bonds. The van der Waals surface area contributed by atoms with Gasteiger partial charge in [0, 0.05) is 25.7 Å². The Morgan fingerprint density at radius 1 is 1.50 bits per heavy atom. The molecule has 1 aromatic rings. The molecule has 1 unspecified atom stereocenters. The van der Waals surface area contributed by atoms with Crippen LogP contribution in [0.4, 0.5) is 0 Å². The van der Waals surface area contributed by atoms with Gasteiger partial charge in [0.05, 0.1) is 11.1 Å². The maximum Gasteiger partial charge on any atom is 0.138 e. The van der Waals surface area contributed by atoms with Crippen LogP contribution in [-0.4, -0.2) is 30.1 Å². The molecule has 2 N–H and O–H groups in total. The van der Waals surface area contributed by atoms with E-state index in [1.165, 1.54) is 5.56 Å². The number of ether oxygens (including phenoxy) is 1. The molecule has 1 aliphatic heterocycles. The van der Waals surface area contributed by atoms with Gasteiger partial charge in [-0.15, -0.1) is 0 Å². The molecule has 0 aromatic heterocycles. The molecule has 1 atom stereocenters. The van der Waals surface area contributed by atoms with Gasteiger partial charge in [-0.1, -0.05) is 17.7 Å². The van der Waals surface area contributed by atoms with E-state index in [1.807, 2.05) is 26.0 Å². The predicted molar refractivity (Wildman–Crippen MR) is 75.1 cm³/mol. The van der Waals surface area contributed by atoms with Gasteiger partial charge >= 0.3 is 0 Å². The van der Waals surface area contributed by atoms with Gasteiger partial charge in [0.1, 0.15) is 5.75 Å². The van der Waals surface area contributed by atoms with Crippen molar-refractivity contribution >= 4 is 11.6 Å². The van der Waals surface area contributed by atoms with E-state index in [9.17, 15) is 0 Å². The zero-order valence-electron chi connectivity index (χ0n) is 11.0. The molecular weight excluding hydrogens is 248 g/mol. The number of benzene rings is 1. The van der Waals surface area contributed by atoms with Crippen LogP contribution in [0.25, 0.3) is 0 Å². The Morgan fingerprint density at radius 3 is 2.83 bits per heavy atom. The number of nitrogens with two attached hydrogens (primary N) is 1. The molecule has 0 bridgehead atoms. The molecule has 0 radical (unpaired) electrons. The van der Waals surface area contributed by atoms with Crippen LogP contribution in [0.1, 0.15) is 25.8 Å². The van der Waals surface area contributed by atoms with Crippen molar-refractivity contribution in [2.45, 2.75) is 39.0 Å². The Morgan fingerprint density at radius 2 is 2.28 bits per heavy atom. The lowest BCUT2D eigenvalue weighted by atomic mass is 10.2. The molecule has 0 saturated carbocycles. The van der Waals surface area contributed by atoms with Gasteiger partial charge in [0.25, 0.3) is 0 Å². The second-order valence-electron chi connectivity index (χ2n) is 5.22. The zero-order valence-corrected chi connectivity index (χ0v) is 11.8. The summed E-state index contributed by atoms with van der Waals surface area (Å²) in [7, 11) is 0. The SMILES string of the molecule is CC(C)Oc1ccc(CN2CCC(N)C2)cc1Cl. The molecule has 1 fully saturated rings. The highest BCUT2D eigenvalue weighted by Gasteiger charge is 2.19. The molecule has 18 heavy (non-hydrogen) atoms. The van der Waals surface area contributed by atoms with Crippen LogP contribution in [0.3, 0.4) is 0 Å². The van der Waals surface area contributed by atoms with Crippen LogP contribution in [0.15, 0.2) is 18.2 Å². The molecule has 1 aliphatic rings. The lowest BCUT2D eigenvalue weighted by Gasteiger charge is -2.17. The van der Waals surface area contributed by atoms with E-state index in [1.54, 1.807) is 0 Å². The third-order valence-electron chi connectivity index (χ3n) is 3.07. The summed E-state index contributed by atoms with van der Waals surface area (Å²) in [6, 6.07) is 6.34. The van der Waals surface area contributed by atoms with Crippen LogP contribution in [0.5, 0.6) is 5.75 Å². The highest BCUT2D eigenvalue weighted by Crippen LogP contribution is 2.27. The maximum atomic E-state index is 6.22. The molecule has 100 valence electrons. The molecule has 1 heterocycles. The number of rotatable bonds is 4. The van der Waals surface area contributed by atoms with Crippen molar-refractivity contribution in [3.8, 4) is 5.75 Å². The Hall–Kier alpha value is -0.770. The second kappa shape index (κ2) is 5.91. The first-order chi connectivity index (χ1) is 8.54. The van der Waals surface area contributed by atoms with Crippen LogP contribution in [0.2, 0.25) is 5.02 Å². The fraction of sp³-hybridized carbons (Fsp3) is 0.571. The first-order valence-corrected chi connectivity index (χ1v) is 6.85. The summed E-state index contributed by atoms with van der Waals surface area (Å²) in [5.74, 6) is 0.758.